The lowest BCUT2D eigenvalue weighted by Crippen LogP contribution is -2.02. The number of nitrogens with two attached hydrogens (primary N) is 1. The third kappa shape index (κ3) is 2.18. The number of hydrogen-bond acceptors (Lipinski definition) is 2. The van der Waals surface area contributed by atoms with Gasteiger partial charge in [-0.3, -0.25) is 0 Å². The number of allylic oxidation sites excluding steroid dienone is 5. The fourth-order valence-electron chi connectivity index (χ4n) is 1.31. The van der Waals surface area contributed by atoms with Crippen LogP contribution in [0.25, 0.3) is 5.70 Å². The monoisotopic (exact) mass is 203 g/mol. The summed E-state index contributed by atoms with van der Waals surface area (Å²) in [5.41, 5.74) is 8.85. The SMILES string of the molecule is C=C/C=C(\C=C/C)n1nc(C)c(C)c1N. The van der Waals surface area contributed by atoms with E-state index in [9.17, 15) is 0 Å². The molecule has 0 saturated heterocycles. The van der Waals surface area contributed by atoms with Crippen molar-refractivity contribution in [3.8, 4) is 0 Å². The first-order chi connectivity index (χ1) is 7.11. The Morgan fingerprint density at radius 2 is 2.13 bits per heavy atom. The summed E-state index contributed by atoms with van der Waals surface area (Å²) in [6.07, 6.45) is 7.49. The Balaban J connectivity index is 3.29. The summed E-state index contributed by atoms with van der Waals surface area (Å²) in [6.45, 7) is 9.55. The molecule has 0 amide bonds. The second kappa shape index (κ2) is 4.64. The number of nitrogen functional groups attached to an aromatic ring is 1. The molecule has 0 atom stereocenters. The maximum Gasteiger partial charge on any atom is 0.130 e. The van der Waals surface area contributed by atoms with E-state index >= 15 is 0 Å². The summed E-state index contributed by atoms with van der Waals surface area (Å²) in [7, 11) is 0. The van der Waals surface area contributed by atoms with E-state index in [0.717, 1.165) is 17.0 Å². The van der Waals surface area contributed by atoms with Crippen molar-refractivity contribution in [2.45, 2.75) is 20.8 Å². The third-order valence-corrected chi connectivity index (χ3v) is 2.28. The Kier molecular flexibility index (Phi) is 3.50. The van der Waals surface area contributed by atoms with Gasteiger partial charge in [0.05, 0.1) is 11.4 Å². The number of nitrogens with zero attached hydrogens (tertiary/aromatic N) is 2. The van der Waals surface area contributed by atoms with E-state index in [4.69, 9.17) is 5.73 Å². The van der Waals surface area contributed by atoms with Gasteiger partial charge in [-0.05, 0) is 32.9 Å². The van der Waals surface area contributed by atoms with Crippen molar-refractivity contribution in [1.29, 1.82) is 0 Å². The molecule has 0 radical (unpaired) electrons. The van der Waals surface area contributed by atoms with E-state index in [0.29, 0.717) is 5.82 Å². The lowest BCUT2D eigenvalue weighted by atomic mass is 10.3. The Bertz CT molecular complexity index is 422. The predicted molar refractivity (Wildman–Crippen MR) is 65.4 cm³/mol. The number of rotatable bonds is 3. The van der Waals surface area contributed by atoms with Crippen LogP contribution in [0.4, 0.5) is 5.82 Å². The normalized spacial score (nSPS) is 12.3. The van der Waals surface area contributed by atoms with Crippen molar-refractivity contribution in [3.63, 3.8) is 0 Å². The van der Waals surface area contributed by atoms with E-state index < -0.39 is 0 Å². The first kappa shape index (κ1) is 11.3. The molecule has 3 nitrogen and oxygen atoms in total. The molecule has 3 heteroatoms. The lowest BCUT2D eigenvalue weighted by Gasteiger charge is -2.04. The zero-order valence-electron chi connectivity index (χ0n) is 9.49. The van der Waals surface area contributed by atoms with Gasteiger partial charge in [-0.1, -0.05) is 18.7 Å². The molecule has 2 N–H and O–H groups in total. The van der Waals surface area contributed by atoms with Crippen LogP contribution in [0, 0.1) is 13.8 Å². The summed E-state index contributed by atoms with van der Waals surface area (Å²) in [6, 6.07) is 0. The largest absolute Gasteiger partial charge is 0.383 e. The molecule has 0 unspecified atom stereocenters. The van der Waals surface area contributed by atoms with E-state index in [-0.39, 0.29) is 0 Å². The molecule has 1 rings (SSSR count). The molecule has 1 heterocycles. The summed E-state index contributed by atoms with van der Waals surface area (Å²) in [4.78, 5) is 0. The molecule has 1 aromatic heterocycles. The summed E-state index contributed by atoms with van der Waals surface area (Å²) >= 11 is 0. The van der Waals surface area contributed by atoms with E-state index in [1.807, 2.05) is 39.0 Å². The molecule has 0 aromatic carbocycles. The fourth-order valence-corrected chi connectivity index (χ4v) is 1.31. The van der Waals surface area contributed by atoms with Crippen molar-refractivity contribution in [2.75, 3.05) is 5.73 Å². The quantitative estimate of drug-likeness (QED) is 0.767. The average Bonchev–Trinajstić information content (AvgIpc) is 2.46. The number of anilines is 1. The van der Waals surface area contributed by atoms with Crippen LogP contribution < -0.4 is 5.73 Å². The van der Waals surface area contributed by atoms with Gasteiger partial charge in [-0.2, -0.15) is 5.10 Å². The van der Waals surface area contributed by atoms with Crippen molar-refractivity contribution in [3.05, 3.63) is 42.1 Å². The molecule has 1 aromatic rings. The molecular formula is C12H17N3. The molecule has 0 aliphatic carbocycles. The molecule has 0 saturated carbocycles. The summed E-state index contributed by atoms with van der Waals surface area (Å²) in [5.74, 6) is 0.679. The predicted octanol–water partition coefficient (Wildman–Crippen LogP) is 2.69. The van der Waals surface area contributed by atoms with Crippen molar-refractivity contribution in [1.82, 2.24) is 9.78 Å². The zero-order valence-corrected chi connectivity index (χ0v) is 9.49. The molecule has 80 valence electrons. The highest BCUT2D eigenvalue weighted by Crippen LogP contribution is 2.19. The number of aromatic nitrogens is 2. The van der Waals surface area contributed by atoms with Gasteiger partial charge in [0.2, 0.25) is 0 Å². The van der Waals surface area contributed by atoms with E-state index in [1.165, 1.54) is 0 Å². The smallest absolute Gasteiger partial charge is 0.130 e. The topological polar surface area (TPSA) is 43.8 Å². The van der Waals surface area contributed by atoms with Gasteiger partial charge >= 0.3 is 0 Å². The average molecular weight is 203 g/mol. The number of hydrogen-bond donors (Lipinski definition) is 1. The van der Waals surface area contributed by atoms with Gasteiger partial charge < -0.3 is 5.73 Å². The molecule has 0 fully saturated rings. The van der Waals surface area contributed by atoms with Crippen LogP contribution in [0.2, 0.25) is 0 Å². The van der Waals surface area contributed by atoms with Crippen LogP contribution in [0.1, 0.15) is 18.2 Å². The van der Waals surface area contributed by atoms with Gasteiger partial charge in [0.25, 0.3) is 0 Å². The third-order valence-electron chi connectivity index (χ3n) is 2.28. The minimum atomic E-state index is 0.679. The molecule has 0 aliphatic heterocycles. The van der Waals surface area contributed by atoms with Crippen LogP contribution >= 0.6 is 0 Å². The highest BCUT2D eigenvalue weighted by atomic mass is 15.3. The van der Waals surface area contributed by atoms with Crippen LogP contribution in [0.3, 0.4) is 0 Å². The minimum absolute atomic E-state index is 0.679. The van der Waals surface area contributed by atoms with Crippen molar-refractivity contribution >= 4 is 11.5 Å². The van der Waals surface area contributed by atoms with E-state index in [2.05, 4.69) is 11.7 Å². The highest BCUT2D eigenvalue weighted by molar-refractivity contribution is 5.64. The van der Waals surface area contributed by atoms with Crippen molar-refractivity contribution < 1.29 is 0 Å². The maximum atomic E-state index is 5.96. The number of aryl methyl sites for hydroxylation is 1. The van der Waals surface area contributed by atoms with Crippen LogP contribution in [0.15, 0.2) is 30.9 Å². The maximum absolute atomic E-state index is 5.96. The molecule has 0 bridgehead atoms. The van der Waals surface area contributed by atoms with Gasteiger partial charge in [0.15, 0.2) is 0 Å². The Labute approximate surface area is 90.6 Å². The summed E-state index contributed by atoms with van der Waals surface area (Å²) in [5, 5.41) is 4.37. The molecule has 15 heavy (non-hydrogen) atoms. The van der Waals surface area contributed by atoms with Gasteiger partial charge in [0.1, 0.15) is 5.82 Å². The Morgan fingerprint density at radius 3 is 2.53 bits per heavy atom. The minimum Gasteiger partial charge on any atom is -0.383 e. The molecule has 0 spiro atoms. The first-order valence-electron chi connectivity index (χ1n) is 4.89. The van der Waals surface area contributed by atoms with Crippen molar-refractivity contribution in [2.24, 2.45) is 0 Å². The Hall–Kier alpha value is -1.77. The van der Waals surface area contributed by atoms with Gasteiger partial charge in [-0.25, -0.2) is 4.68 Å². The fraction of sp³-hybridized carbons (Fsp3) is 0.250. The lowest BCUT2D eigenvalue weighted by molar-refractivity contribution is 0.898. The van der Waals surface area contributed by atoms with Crippen LogP contribution in [0.5, 0.6) is 0 Å². The zero-order chi connectivity index (χ0) is 11.4. The highest BCUT2D eigenvalue weighted by Gasteiger charge is 2.09. The summed E-state index contributed by atoms with van der Waals surface area (Å²) < 4.78 is 1.73. The second-order valence-corrected chi connectivity index (χ2v) is 3.33. The van der Waals surface area contributed by atoms with Crippen LogP contribution in [-0.2, 0) is 0 Å². The van der Waals surface area contributed by atoms with Crippen LogP contribution in [-0.4, -0.2) is 9.78 Å². The second-order valence-electron chi connectivity index (χ2n) is 3.33. The van der Waals surface area contributed by atoms with Gasteiger partial charge in [-0.15, -0.1) is 0 Å². The van der Waals surface area contributed by atoms with Gasteiger partial charge in [0, 0.05) is 5.56 Å². The standard InChI is InChI=1S/C12H17N3/c1-5-7-11(8-6-2)15-12(13)9(3)10(4)14-15/h5-8H,1,13H2,2-4H3/b8-6-,11-7+. The van der Waals surface area contributed by atoms with E-state index in [1.54, 1.807) is 10.8 Å². The Morgan fingerprint density at radius 1 is 1.47 bits per heavy atom. The molecule has 0 aliphatic rings. The molecular weight excluding hydrogens is 186 g/mol. The first-order valence-corrected chi connectivity index (χ1v) is 4.89.